The van der Waals surface area contributed by atoms with Gasteiger partial charge in [-0.05, 0) is 25.7 Å². The predicted molar refractivity (Wildman–Crippen MR) is 53.8 cm³/mol. The number of carbonyl (C=O) groups excluding carboxylic acids is 1. The number of halogens is 3. The summed E-state index contributed by atoms with van der Waals surface area (Å²) in [5.41, 5.74) is -2.07. The van der Waals surface area contributed by atoms with Crippen LogP contribution in [0.3, 0.4) is 0 Å². The third-order valence-corrected chi connectivity index (χ3v) is 3.32. The van der Waals surface area contributed by atoms with Crippen molar-refractivity contribution in [2.45, 2.75) is 43.3 Å². The Labute approximate surface area is 100 Å². The van der Waals surface area contributed by atoms with Crippen LogP contribution in [-0.4, -0.2) is 32.8 Å². The molecule has 2 N–H and O–H groups in total. The van der Waals surface area contributed by atoms with Crippen LogP contribution < -0.4 is 5.32 Å². The van der Waals surface area contributed by atoms with E-state index in [4.69, 9.17) is 0 Å². The van der Waals surface area contributed by atoms with Crippen molar-refractivity contribution in [3.8, 4) is 0 Å². The standard InChI is InChI=1S/C10H11F3N4O/c11-10(12,13)9(3-4-9)15-8(18)7-14-6(16-17-7)5-1-2-5/h5H,1-4H2,(H,15,18)(H,14,16,17). The number of nitrogens with one attached hydrogen (secondary N) is 2. The SMILES string of the molecule is O=C(NC1(C(F)(F)F)CC1)c1n[nH]c(C2CC2)n1. The molecule has 0 unspecified atom stereocenters. The third-order valence-electron chi connectivity index (χ3n) is 3.32. The van der Waals surface area contributed by atoms with Gasteiger partial charge in [0.15, 0.2) is 0 Å². The van der Waals surface area contributed by atoms with Crippen molar-refractivity contribution in [1.29, 1.82) is 0 Å². The number of hydrogen-bond donors (Lipinski definition) is 2. The molecule has 0 saturated heterocycles. The summed E-state index contributed by atoms with van der Waals surface area (Å²) in [6.07, 6.45) is -2.63. The number of rotatable bonds is 3. The Morgan fingerprint density at radius 3 is 2.56 bits per heavy atom. The van der Waals surface area contributed by atoms with Crippen molar-refractivity contribution < 1.29 is 18.0 Å². The Balaban J connectivity index is 1.71. The van der Waals surface area contributed by atoms with Gasteiger partial charge in [0, 0.05) is 5.92 Å². The maximum absolute atomic E-state index is 12.7. The van der Waals surface area contributed by atoms with Gasteiger partial charge in [-0.25, -0.2) is 4.98 Å². The fourth-order valence-electron chi connectivity index (χ4n) is 1.79. The maximum Gasteiger partial charge on any atom is 0.411 e. The van der Waals surface area contributed by atoms with E-state index in [-0.39, 0.29) is 24.6 Å². The molecule has 2 aliphatic rings. The minimum Gasteiger partial charge on any atom is -0.335 e. The summed E-state index contributed by atoms with van der Waals surface area (Å²) >= 11 is 0. The minimum absolute atomic E-state index is 0.0812. The molecule has 1 amide bonds. The maximum atomic E-state index is 12.7. The molecule has 0 aliphatic heterocycles. The van der Waals surface area contributed by atoms with Crippen LogP contribution in [0.25, 0.3) is 0 Å². The third kappa shape index (κ3) is 1.85. The zero-order valence-corrected chi connectivity index (χ0v) is 9.34. The monoisotopic (exact) mass is 260 g/mol. The lowest BCUT2D eigenvalue weighted by Crippen LogP contribution is -2.48. The molecule has 98 valence electrons. The topological polar surface area (TPSA) is 70.7 Å². The highest BCUT2D eigenvalue weighted by molar-refractivity contribution is 5.91. The average molecular weight is 260 g/mol. The van der Waals surface area contributed by atoms with Gasteiger partial charge >= 0.3 is 6.18 Å². The van der Waals surface area contributed by atoms with Crippen molar-refractivity contribution in [3.05, 3.63) is 11.6 Å². The summed E-state index contributed by atoms with van der Waals surface area (Å²) in [5.74, 6) is -0.228. The van der Waals surface area contributed by atoms with Crippen molar-refractivity contribution >= 4 is 5.91 Å². The summed E-state index contributed by atoms with van der Waals surface area (Å²) in [7, 11) is 0. The molecule has 8 heteroatoms. The minimum atomic E-state index is -4.42. The predicted octanol–water partition coefficient (Wildman–Crippen LogP) is 1.51. The number of aromatic amines is 1. The second-order valence-electron chi connectivity index (χ2n) is 4.85. The fraction of sp³-hybridized carbons (Fsp3) is 0.700. The normalized spacial score (nSPS) is 21.7. The molecule has 3 rings (SSSR count). The molecule has 1 aromatic heterocycles. The number of carbonyl (C=O) groups is 1. The van der Waals surface area contributed by atoms with E-state index in [2.05, 4.69) is 15.2 Å². The smallest absolute Gasteiger partial charge is 0.335 e. The lowest BCUT2D eigenvalue weighted by atomic mass is 10.2. The molecular weight excluding hydrogens is 249 g/mol. The molecule has 5 nitrogen and oxygen atoms in total. The highest BCUT2D eigenvalue weighted by Crippen LogP contribution is 2.49. The van der Waals surface area contributed by atoms with Crippen LogP contribution in [0.15, 0.2) is 0 Å². The molecular formula is C10H11F3N4O. The zero-order chi connectivity index (χ0) is 13.0. The Kier molecular flexibility index (Phi) is 2.21. The van der Waals surface area contributed by atoms with E-state index in [1.54, 1.807) is 0 Å². The van der Waals surface area contributed by atoms with Crippen LogP contribution in [0.2, 0.25) is 0 Å². The zero-order valence-electron chi connectivity index (χ0n) is 9.34. The number of alkyl halides is 3. The van der Waals surface area contributed by atoms with Crippen LogP contribution in [-0.2, 0) is 0 Å². The van der Waals surface area contributed by atoms with Gasteiger partial charge in [0.1, 0.15) is 11.4 Å². The van der Waals surface area contributed by atoms with E-state index >= 15 is 0 Å². The highest BCUT2D eigenvalue weighted by atomic mass is 19.4. The van der Waals surface area contributed by atoms with E-state index in [0.717, 1.165) is 12.8 Å². The van der Waals surface area contributed by atoms with Crippen LogP contribution in [0.4, 0.5) is 13.2 Å². The Morgan fingerprint density at radius 1 is 1.39 bits per heavy atom. The van der Waals surface area contributed by atoms with E-state index in [9.17, 15) is 18.0 Å². The van der Waals surface area contributed by atoms with Gasteiger partial charge in [0.25, 0.3) is 5.91 Å². The number of aromatic nitrogens is 3. The molecule has 2 aliphatic carbocycles. The van der Waals surface area contributed by atoms with E-state index in [1.807, 2.05) is 5.32 Å². The molecule has 1 aromatic rings. The quantitative estimate of drug-likeness (QED) is 0.865. The lowest BCUT2D eigenvalue weighted by Gasteiger charge is -2.19. The second kappa shape index (κ2) is 3.46. The summed E-state index contributed by atoms with van der Waals surface area (Å²) in [6, 6.07) is 0. The first-order chi connectivity index (χ1) is 8.41. The summed E-state index contributed by atoms with van der Waals surface area (Å²) in [5, 5.41) is 8.23. The summed E-state index contributed by atoms with van der Waals surface area (Å²) in [4.78, 5) is 15.6. The van der Waals surface area contributed by atoms with E-state index < -0.39 is 17.6 Å². The van der Waals surface area contributed by atoms with Gasteiger partial charge < -0.3 is 5.32 Å². The fourth-order valence-corrected chi connectivity index (χ4v) is 1.79. The number of nitrogens with zero attached hydrogens (tertiary/aromatic N) is 2. The number of hydrogen-bond acceptors (Lipinski definition) is 3. The van der Waals surface area contributed by atoms with E-state index in [1.165, 1.54) is 0 Å². The Bertz CT molecular complexity index is 488. The van der Waals surface area contributed by atoms with Crippen LogP contribution >= 0.6 is 0 Å². The number of amides is 1. The average Bonchev–Trinajstić information content (AvgIpc) is 3.19. The lowest BCUT2D eigenvalue weighted by molar-refractivity contribution is -0.163. The van der Waals surface area contributed by atoms with Gasteiger partial charge in [-0.1, -0.05) is 0 Å². The molecule has 1 heterocycles. The molecule has 2 saturated carbocycles. The molecule has 0 spiro atoms. The Hall–Kier alpha value is -1.60. The van der Waals surface area contributed by atoms with E-state index in [0.29, 0.717) is 5.82 Å². The van der Waals surface area contributed by atoms with Gasteiger partial charge in [-0.2, -0.15) is 13.2 Å². The highest BCUT2D eigenvalue weighted by Gasteiger charge is 2.64. The first-order valence-corrected chi connectivity index (χ1v) is 5.73. The molecule has 0 aromatic carbocycles. The first kappa shape index (κ1) is 11.5. The molecule has 18 heavy (non-hydrogen) atoms. The van der Waals surface area contributed by atoms with Gasteiger partial charge in [0.2, 0.25) is 5.82 Å². The molecule has 0 radical (unpaired) electrons. The first-order valence-electron chi connectivity index (χ1n) is 5.73. The van der Waals surface area contributed by atoms with Gasteiger partial charge in [-0.3, -0.25) is 9.89 Å². The number of H-pyrrole nitrogens is 1. The van der Waals surface area contributed by atoms with Gasteiger partial charge in [0.05, 0.1) is 0 Å². The largest absolute Gasteiger partial charge is 0.411 e. The summed E-state index contributed by atoms with van der Waals surface area (Å²) < 4.78 is 38.0. The van der Waals surface area contributed by atoms with Crippen molar-refractivity contribution in [2.75, 3.05) is 0 Å². The Morgan fingerprint density at radius 2 is 2.06 bits per heavy atom. The van der Waals surface area contributed by atoms with Crippen molar-refractivity contribution in [2.24, 2.45) is 0 Å². The molecule has 0 atom stereocenters. The van der Waals surface area contributed by atoms with Gasteiger partial charge in [-0.15, -0.1) is 5.10 Å². The van der Waals surface area contributed by atoms with Crippen LogP contribution in [0.5, 0.6) is 0 Å². The second-order valence-corrected chi connectivity index (χ2v) is 4.85. The summed E-state index contributed by atoms with van der Waals surface area (Å²) in [6.45, 7) is 0. The molecule has 2 fully saturated rings. The van der Waals surface area contributed by atoms with Crippen LogP contribution in [0, 0.1) is 0 Å². The van der Waals surface area contributed by atoms with Crippen molar-refractivity contribution in [1.82, 2.24) is 20.5 Å². The van der Waals surface area contributed by atoms with Crippen molar-refractivity contribution in [3.63, 3.8) is 0 Å². The van der Waals surface area contributed by atoms with Crippen LogP contribution in [0.1, 0.15) is 48.0 Å². The molecule has 0 bridgehead atoms.